The zero-order chi connectivity index (χ0) is 13.0. The van der Waals surface area contributed by atoms with E-state index in [1.54, 1.807) is 30.3 Å². The number of carbonyl (C=O) groups is 1. The first-order chi connectivity index (χ1) is 8.59. The van der Waals surface area contributed by atoms with Crippen LogP contribution in [-0.4, -0.2) is 19.6 Å². The number of nitrogens with one attached hydrogen (secondary N) is 1. The maximum atomic E-state index is 12.0. The Bertz CT molecular complexity index is 504. The zero-order valence-electron chi connectivity index (χ0n) is 10.1. The summed E-state index contributed by atoms with van der Waals surface area (Å²) in [5.74, 6) is -0.541. The SMILES string of the molecule is O=C(NS(=O)(=O)C1CCCCC1)c1ccccc1. The van der Waals surface area contributed by atoms with Crippen molar-refractivity contribution in [3.8, 4) is 0 Å². The average molecular weight is 267 g/mol. The molecule has 5 heteroatoms. The van der Waals surface area contributed by atoms with E-state index in [9.17, 15) is 13.2 Å². The van der Waals surface area contributed by atoms with Gasteiger partial charge < -0.3 is 0 Å². The van der Waals surface area contributed by atoms with E-state index in [1.807, 2.05) is 0 Å². The Morgan fingerprint density at radius 3 is 2.28 bits per heavy atom. The minimum Gasteiger partial charge on any atom is -0.268 e. The second-order valence-electron chi connectivity index (χ2n) is 4.60. The topological polar surface area (TPSA) is 63.2 Å². The Labute approximate surface area is 107 Å². The van der Waals surface area contributed by atoms with Crippen molar-refractivity contribution in [1.29, 1.82) is 0 Å². The van der Waals surface area contributed by atoms with Gasteiger partial charge in [-0.15, -0.1) is 0 Å². The Kier molecular flexibility index (Phi) is 4.01. The maximum Gasteiger partial charge on any atom is 0.264 e. The summed E-state index contributed by atoms with van der Waals surface area (Å²) >= 11 is 0. The zero-order valence-corrected chi connectivity index (χ0v) is 10.9. The fourth-order valence-electron chi connectivity index (χ4n) is 2.24. The van der Waals surface area contributed by atoms with E-state index in [0.717, 1.165) is 19.3 Å². The minimum atomic E-state index is -3.53. The van der Waals surface area contributed by atoms with E-state index in [-0.39, 0.29) is 0 Å². The first kappa shape index (κ1) is 13.1. The van der Waals surface area contributed by atoms with Crippen molar-refractivity contribution in [2.75, 3.05) is 0 Å². The molecule has 18 heavy (non-hydrogen) atoms. The third-order valence-electron chi connectivity index (χ3n) is 3.26. The van der Waals surface area contributed by atoms with Crippen LogP contribution in [0.4, 0.5) is 0 Å². The van der Waals surface area contributed by atoms with E-state index < -0.39 is 21.2 Å². The number of sulfonamides is 1. The number of amides is 1. The summed E-state index contributed by atoms with van der Waals surface area (Å²) in [6, 6.07) is 8.41. The Balaban J connectivity index is 2.06. The molecule has 0 bridgehead atoms. The van der Waals surface area contributed by atoms with E-state index >= 15 is 0 Å². The van der Waals surface area contributed by atoms with E-state index in [1.165, 1.54) is 0 Å². The van der Waals surface area contributed by atoms with Crippen LogP contribution in [0, 0.1) is 0 Å². The molecular weight excluding hydrogens is 250 g/mol. The number of rotatable bonds is 3. The first-order valence-corrected chi connectivity index (χ1v) is 7.75. The molecule has 1 N–H and O–H groups in total. The number of carbonyl (C=O) groups excluding carboxylic acids is 1. The van der Waals surface area contributed by atoms with Crippen molar-refractivity contribution in [1.82, 2.24) is 4.72 Å². The predicted molar refractivity (Wildman–Crippen MR) is 69.7 cm³/mol. The summed E-state index contributed by atoms with van der Waals surface area (Å²) in [6.45, 7) is 0. The summed E-state index contributed by atoms with van der Waals surface area (Å²) < 4.78 is 26.3. The lowest BCUT2D eigenvalue weighted by Crippen LogP contribution is -2.39. The Morgan fingerprint density at radius 2 is 1.67 bits per heavy atom. The van der Waals surface area contributed by atoms with Gasteiger partial charge in [0.1, 0.15) is 0 Å². The molecule has 1 aromatic carbocycles. The highest BCUT2D eigenvalue weighted by atomic mass is 32.2. The molecular formula is C13H17NO3S. The summed E-state index contributed by atoms with van der Waals surface area (Å²) in [7, 11) is -3.53. The summed E-state index contributed by atoms with van der Waals surface area (Å²) in [4.78, 5) is 11.8. The van der Waals surface area contributed by atoms with Gasteiger partial charge in [-0.3, -0.25) is 4.79 Å². The molecule has 0 aliphatic heterocycles. The smallest absolute Gasteiger partial charge is 0.264 e. The van der Waals surface area contributed by atoms with Gasteiger partial charge >= 0.3 is 0 Å². The van der Waals surface area contributed by atoms with E-state index in [0.29, 0.717) is 18.4 Å². The van der Waals surface area contributed by atoms with Crippen molar-refractivity contribution >= 4 is 15.9 Å². The van der Waals surface area contributed by atoms with Crippen LogP contribution in [0.15, 0.2) is 30.3 Å². The van der Waals surface area contributed by atoms with Gasteiger partial charge in [-0.2, -0.15) is 0 Å². The molecule has 1 aliphatic rings. The molecule has 0 aromatic heterocycles. The van der Waals surface area contributed by atoms with Crippen LogP contribution in [-0.2, 0) is 10.0 Å². The molecule has 0 atom stereocenters. The second-order valence-corrected chi connectivity index (χ2v) is 6.56. The van der Waals surface area contributed by atoms with Gasteiger partial charge in [0.2, 0.25) is 10.0 Å². The average Bonchev–Trinajstić information content (AvgIpc) is 2.40. The van der Waals surface area contributed by atoms with Crippen molar-refractivity contribution in [3.05, 3.63) is 35.9 Å². The van der Waals surface area contributed by atoms with Gasteiger partial charge in [-0.1, -0.05) is 37.5 Å². The molecule has 0 radical (unpaired) electrons. The quantitative estimate of drug-likeness (QED) is 0.912. The van der Waals surface area contributed by atoms with Crippen LogP contribution < -0.4 is 4.72 Å². The number of hydrogen-bond acceptors (Lipinski definition) is 3. The normalized spacial score (nSPS) is 17.3. The molecule has 0 saturated heterocycles. The van der Waals surface area contributed by atoms with Crippen LogP contribution in [0.5, 0.6) is 0 Å². The molecule has 98 valence electrons. The maximum absolute atomic E-state index is 12.0. The van der Waals surface area contributed by atoms with Crippen molar-refractivity contribution in [2.45, 2.75) is 37.4 Å². The molecule has 0 unspecified atom stereocenters. The van der Waals surface area contributed by atoms with Crippen LogP contribution in [0.25, 0.3) is 0 Å². The van der Waals surface area contributed by atoms with Crippen molar-refractivity contribution in [3.63, 3.8) is 0 Å². The molecule has 4 nitrogen and oxygen atoms in total. The van der Waals surface area contributed by atoms with Gasteiger partial charge in [-0.25, -0.2) is 13.1 Å². The lowest BCUT2D eigenvalue weighted by Gasteiger charge is -2.21. The second kappa shape index (κ2) is 5.52. The van der Waals surface area contributed by atoms with Gasteiger partial charge in [0.05, 0.1) is 5.25 Å². The molecule has 0 heterocycles. The lowest BCUT2D eigenvalue weighted by atomic mass is 10.0. The van der Waals surface area contributed by atoms with Crippen molar-refractivity contribution < 1.29 is 13.2 Å². The van der Waals surface area contributed by atoms with Crippen molar-refractivity contribution in [2.24, 2.45) is 0 Å². The van der Waals surface area contributed by atoms with Gasteiger partial charge in [-0.05, 0) is 25.0 Å². The van der Waals surface area contributed by atoms with Crippen LogP contribution in [0.2, 0.25) is 0 Å². The summed E-state index contributed by atoms with van der Waals surface area (Å²) in [5.41, 5.74) is 0.372. The highest BCUT2D eigenvalue weighted by Gasteiger charge is 2.28. The molecule has 1 saturated carbocycles. The summed E-state index contributed by atoms with van der Waals surface area (Å²) in [6.07, 6.45) is 4.23. The monoisotopic (exact) mass is 267 g/mol. The van der Waals surface area contributed by atoms with Gasteiger partial charge in [0, 0.05) is 5.56 Å². The van der Waals surface area contributed by atoms with Crippen LogP contribution in [0.1, 0.15) is 42.5 Å². The van der Waals surface area contributed by atoms with E-state index in [2.05, 4.69) is 4.72 Å². The first-order valence-electron chi connectivity index (χ1n) is 6.20. The minimum absolute atomic E-state index is 0.372. The fourth-order valence-corrected chi connectivity index (χ4v) is 3.73. The summed E-state index contributed by atoms with van der Waals surface area (Å²) in [5, 5.41) is -0.418. The lowest BCUT2D eigenvalue weighted by molar-refractivity contribution is 0.0981. The van der Waals surface area contributed by atoms with E-state index in [4.69, 9.17) is 0 Å². The molecule has 1 aliphatic carbocycles. The molecule has 2 rings (SSSR count). The third kappa shape index (κ3) is 3.10. The Morgan fingerprint density at radius 1 is 1.06 bits per heavy atom. The predicted octanol–water partition coefficient (Wildman–Crippen LogP) is 2.08. The largest absolute Gasteiger partial charge is 0.268 e. The Hall–Kier alpha value is -1.36. The highest BCUT2D eigenvalue weighted by molar-refractivity contribution is 7.90. The third-order valence-corrected chi connectivity index (χ3v) is 5.08. The highest BCUT2D eigenvalue weighted by Crippen LogP contribution is 2.23. The molecule has 0 spiro atoms. The molecule has 1 aromatic rings. The molecule has 1 fully saturated rings. The number of hydrogen-bond donors (Lipinski definition) is 1. The molecule has 1 amide bonds. The van der Waals surface area contributed by atoms with Gasteiger partial charge in [0.25, 0.3) is 5.91 Å². The van der Waals surface area contributed by atoms with Gasteiger partial charge in [0.15, 0.2) is 0 Å². The number of benzene rings is 1. The van der Waals surface area contributed by atoms with Crippen LogP contribution in [0.3, 0.4) is 0 Å². The standard InChI is InChI=1S/C13H17NO3S/c15-13(11-7-3-1-4-8-11)14-18(16,17)12-9-5-2-6-10-12/h1,3-4,7-8,12H,2,5-6,9-10H2,(H,14,15). The fraction of sp³-hybridized carbons (Fsp3) is 0.462. The van der Waals surface area contributed by atoms with Crippen LogP contribution >= 0.6 is 0 Å².